The molecule has 4 aromatic rings. The van der Waals surface area contributed by atoms with Crippen LogP contribution in [0.25, 0.3) is 28.0 Å². The standard InChI is InChI=1S/C20H17FN4O2/c1-12-15(10-24(2)23-12)19-14(5-4-6-16(19)21)17-11-25-8-7-13(20(26)27-3)9-18(25)22-17/h4-11H,1-3H3. The summed E-state index contributed by atoms with van der Waals surface area (Å²) in [5.74, 6) is -0.768. The number of ether oxygens (including phenoxy) is 1. The molecule has 0 spiro atoms. The minimum Gasteiger partial charge on any atom is -0.465 e. The molecule has 0 aliphatic rings. The minimum atomic E-state index is -0.431. The first-order valence-corrected chi connectivity index (χ1v) is 8.34. The van der Waals surface area contributed by atoms with Crippen LogP contribution >= 0.6 is 0 Å². The van der Waals surface area contributed by atoms with Crippen LogP contribution in [0, 0.1) is 12.7 Å². The van der Waals surface area contributed by atoms with E-state index in [1.165, 1.54) is 13.2 Å². The Labute approximate surface area is 154 Å². The van der Waals surface area contributed by atoms with Crippen molar-refractivity contribution in [2.24, 2.45) is 7.05 Å². The fraction of sp³-hybridized carbons (Fsp3) is 0.150. The molecule has 0 unspecified atom stereocenters. The van der Waals surface area contributed by atoms with Crippen molar-refractivity contribution in [2.45, 2.75) is 6.92 Å². The number of aryl methyl sites for hydroxylation is 2. The number of hydrogen-bond acceptors (Lipinski definition) is 4. The van der Waals surface area contributed by atoms with Crippen LogP contribution in [0.3, 0.4) is 0 Å². The van der Waals surface area contributed by atoms with Gasteiger partial charge in [0.1, 0.15) is 11.5 Å². The van der Waals surface area contributed by atoms with Gasteiger partial charge in [-0.3, -0.25) is 4.68 Å². The summed E-state index contributed by atoms with van der Waals surface area (Å²) in [7, 11) is 3.13. The number of esters is 1. The fourth-order valence-corrected chi connectivity index (χ4v) is 3.21. The number of carbonyl (C=O) groups excluding carboxylic acids is 1. The van der Waals surface area contributed by atoms with Gasteiger partial charge in [0.2, 0.25) is 0 Å². The molecule has 0 saturated carbocycles. The maximum Gasteiger partial charge on any atom is 0.338 e. The molecule has 0 saturated heterocycles. The van der Waals surface area contributed by atoms with Gasteiger partial charge in [-0.15, -0.1) is 0 Å². The van der Waals surface area contributed by atoms with Crippen LogP contribution in [0.1, 0.15) is 16.1 Å². The molecule has 0 atom stereocenters. The van der Waals surface area contributed by atoms with Crippen molar-refractivity contribution in [1.29, 1.82) is 0 Å². The minimum absolute atomic E-state index is 0.337. The Hall–Kier alpha value is -3.48. The molecule has 0 fully saturated rings. The Morgan fingerprint density at radius 3 is 2.70 bits per heavy atom. The van der Waals surface area contributed by atoms with Gasteiger partial charge in [-0.05, 0) is 25.1 Å². The lowest BCUT2D eigenvalue weighted by atomic mass is 9.98. The topological polar surface area (TPSA) is 61.4 Å². The number of methoxy groups -OCH3 is 1. The largest absolute Gasteiger partial charge is 0.465 e. The number of hydrogen-bond donors (Lipinski definition) is 0. The molecular weight excluding hydrogens is 347 g/mol. The van der Waals surface area contributed by atoms with E-state index in [1.54, 1.807) is 52.9 Å². The molecule has 0 aliphatic carbocycles. The van der Waals surface area contributed by atoms with Gasteiger partial charge in [0.05, 0.1) is 24.1 Å². The highest BCUT2D eigenvalue weighted by atomic mass is 19.1. The smallest absolute Gasteiger partial charge is 0.338 e. The summed E-state index contributed by atoms with van der Waals surface area (Å²) in [5, 5.41) is 4.32. The van der Waals surface area contributed by atoms with E-state index in [0.717, 1.165) is 11.3 Å². The maximum atomic E-state index is 14.7. The SMILES string of the molecule is COC(=O)c1ccn2cc(-c3cccc(F)c3-c3cn(C)nc3C)nc2c1. The molecule has 136 valence electrons. The third-order valence-corrected chi connectivity index (χ3v) is 4.45. The van der Waals surface area contributed by atoms with Crippen molar-refractivity contribution >= 4 is 11.6 Å². The second-order valence-corrected chi connectivity index (χ2v) is 6.26. The van der Waals surface area contributed by atoms with Crippen molar-refractivity contribution in [2.75, 3.05) is 7.11 Å². The molecule has 27 heavy (non-hydrogen) atoms. The highest BCUT2D eigenvalue weighted by molar-refractivity contribution is 5.90. The lowest BCUT2D eigenvalue weighted by Gasteiger charge is -2.08. The third kappa shape index (κ3) is 2.87. The molecule has 7 heteroatoms. The zero-order chi connectivity index (χ0) is 19.1. The number of pyridine rings is 1. The Kier molecular flexibility index (Phi) is 3.99. The van der Waals surface area contributed by atoms with Gasteiger partial charge >= 0.3 is 5.97 Å². The monoisotopic (exact) mass is 364 g/mol. The number of imidazole rings is 1. The fourth-order valence-electron chi connectivity index (χ4n) is 3.21. The predicted molar refractivity (Wildman–Crippen MR) is 98.9 cm³/mol. The first-order chi connectivity index (χ1) is 13.0. The Morgan fingerprint density at radius 1 is 1.19 bits per heavy atom. The average molecular weight is 364 g/mol. The van der Waals surface area contributed by atoms with Crippen LogP contribution in [-0.2, 0) is 11.8 Å². The summed E-state index contributed by atoms with van der Waals surface area (Å²) in [5.41, 5.74) is 4.16. The quantitative estimate of drug-likeness (QED) is 0.521. The first-order valence-electron chi connectivity index (χ1n) is 8.34. The van der Waals surface area contributed by atoms with E-state index >= 15 is 0 Å². The number of carbonyl (C=O) groups is 1. The van der Waals surface area contributed by atoms with E-state index in [0.29, 0.717) is 28.0 Å². The molecule has 3 aromatic heterocycles. The van der Waals surface area contributed by atoms with Gasteiger partial charge in [0.25, 0.3) is 0 Å². The first kappa shape index (κ1) is 17.0. The molecule has 0 bridgehead atoms. The van der Waals surface area contributed by atoms with Gasteiger partial charge in [0.15, 0.2) is 0 Å². The van der Waals surface area contributed by atoms with Crippen LogP contribution in [0.4, 0.5) is 4.39 Å². The highest BCUT2D eigenvalue weighted by Crippen LogP contribution is 2.35. The average Bonchev–Trinajstić information content (AvgIpc) is 3.22. The zero-order valence-electron chi connectivity index (χ0n) is 15.1. The summed E-state index contributed by atoms with van der Waals surface area (Å²) in [6.45, 7) is 1.85. The third-order valence-electron chi connectivity index (χ3n) is 4.45. The van der Waals surface area contributed by atoms with Gasteiger partial charge in [0, 0.05) is 42.3 Å². The number of nitrogens with zero attached hydrogens (tertiary/aromatic N) is 4. The van der Waals surface area contributed by atoms with Crippen LogP contribution in [0.5, 0.6) is 0 Å². The zero-order valence-corrected chi connectivity index (χ0v) is 15.1. The Morgan fingerprint density at radius 2 is 2.00 bits per heavy atom. The summed E-state index contributed by atoms with van der Waals surface area (Å²) in [6, 6.07) is 8.21. The second-order valence-electron chi connectivity index (χ2n) is 6.26. The van der Waals surface area contributed by atoms with Crippen LogP contribution in [0.2, 0.25) is 0 Å². The van der Waals surface area contributed by atoms with Gasteiger partial charge in [-0.1, -0.05) is 12.1 Å². The molecule has 0 aliphatic heterocycles. The van der Waals surface area contributed by atoms with E-state index in [2.05, 4.69) is 10.1 Å². The van der Waals surface area contributed by atoms with Gasteiger partial charge in [-0.25, -0.2) is 14.2 Å². The molecular formula is C20H17FN4O2. The van der Waals surface area contributed by atoms with Crippen molar-refractivity contribution in [3.8, 4) is 22.4 Å². The van der Waals surface area contributed by atoms with Crippen molar-refractivity contribution in [1.82, 2.24) is 19.2 Å². The molecule has 6 nitrogen and oxygen atoms in total. The molecule has 3 heterocycles. The number of fused-ring (bicyclic) bond motifs is 1. The predicted octanol–water partition coefficient (Wildman–Crippen LogP) is 3.64. The normalized spacial score (nSPS) is 11.1. The van der Waals surface area contributed by atoms with Gasteiger partial charge in [-0.2, -0.15) is 5.10 Å². The summed E-state index contributed by atoms with van der Waals surface area (Å²) < 4.78 is 22.9. The maximum absolute atomic E-state index is 14.7. The van der Waals surface area contributed by atoms with Crippen LogP contribution in [0.15, 0.2) is 48.9 Å². The van der Waals surface area contributed by atoms with Crippen molar-refractivity contribution < 1.29 is 13.9 Å². The van der Waals surface area contributed by atoms with Crippen LogP contribution < -0.4 is 0 Å². The Balaban J connectivity index is 1.90. The number of aromatic nitrogens is 4. The van der Waals surface area contributed by atoms with E-state index in [1.807, 2.05) is 13.0 Å². The van der Waals surface area contributed by atoms with E-state index < -0.39 is 5.97 Å². The van der Waals surface area contributed by atoms with E-state index in [4.69, 9.17) is 4.74 Å². The second kappa shape index (κ2) is 6.35. The van der Waals surface area contributed by atoms with E-state index in [-0.39, 0.29) is 5.82 Å². The summed E-state index contributed by atoms with van der Waals surface area (Å²) >= 11 is 0. The van der Waals surface area contributed by atoms with Crippen molar-refractivity contribution in [3.63, 3.8) is 0 Å². The molecule has 0 N–H and O–H groups in total. The molecule has 0 radical (unpaired) electrons. The molecule has 4 rings (SSSR count). The number of benzene rings is 1. The summed E-state index contributed by atoms with van der Waals surface area (Å²) in [6.07, 6.45) is 5.33. The van der Waals surface area contributed by atoms with Crippen molar-refractivity contribution in [3.05, 3.63) is 66.0 Å². The van der Waals surface area contributed by atoms with E-state index in [9.17, 15) is 9.18 Å². The lowest BCUT2D eigenvalue weighted by Crippen LogP contribution is -2.01. The Bertz CT molecular complexity index is 1180. The van der Waals surface area contributed by atoms with Crippen LogP contribution in [-0.4, -0.2) is 32.2 Å². The highest BCUT2D eigenvalue weighted by Gasteiger charge is 2.19. The number of halogens is 1. The summed E-state index contributed by atoms with van der Waals surface area (Å²) in [4.78, 5) is 16.3. The molecule has 1 aromatic carbocycles. The number of rotatable bonds is 3. The molecule has 0 amide bonds. The lowest BCUT2D eigenvalue weighted by molar-refractivity contribution is 0.0600. The van der Waals surface area contributed by atoms with Gasteiger partial charge < -0.3 is 9.14 Å².